The topological polar surface area (TPSA) is 135 Å². The van der Waals surface area contributed by atoms with Gasteiger partial charge in [-0.05, 0) is 26.2 Å². The molecule has 1 amide bonds. The fourth-order valence-corrected chi connectivity index (χ4v) is 1.99. The second-order valence-electron chi connectivity index (χ2n) is 4.74. The van der Waals surface area contributed by atoms with Crippen LogP contribution >= 0.6 is 0 Å². The predicted molar refractivity (Wildman–Crippen MR) is 76.0 cm³/mol. The van der Waals surface area contributed by atoms with Crippen LogP contribution in [0.5, 0.6) is 0 Å². The molecule has 1 aromatic rings. The highest BCUT2D eigenvalue weighted by Gasteiger charge is 2.17. The average molecular weight is 280 g/mol. The zero-order chi connectivity index (χ0) is 14.5. The van der Waals surface area contributed by atoms with E-state index in [0.29, 0.717) is 5.95 Å². The fourth-order valence-electron chi connectivity index (χ4n) is 1.99. The summed E-state index contributed by atoms with van der Waals surface area (Å²) in [5, 5.41) is 2.84. The van der Waals surface area contributed by atoms with E-state index >= 15 is 0 Å². The Balaban J connectivity index is 2.21. The van der Waals surface area contributed by atoms with E-state index < -0.39 is 11.9 Å². The van der Waals surface area contributed by atoms with Gasteiger partial charge in [0.2, 0.25) is 23.8 Å². The minimum atomic E-state index is -0.572. The maximum Gasteiger partial charge on any atom is 0.243 e. The van der Waals surface area contributed by atoms with E-state index in [1.165, 1.54) is 6.42 Å². The number of aromatic nitrogens is 3. The van der Waals surface area contributed by atoms with Gasteiger partial charge in [-0.1, -0.05) is 0 Å². The van der Waals surface area contributed by atoms with Crippen molar-refractivity contribution in [3.05, 3.63) is 0 Å². The molecule has 2 rings (SSSR count). The molecule has 1 aliphatic heterocycles. The van der Waals surface area contributed by atoms with Gasteiger partial charge in [0.1, 0.15) is 6.04 Å². The average Bonchev–Trinajstić information content (AvgIpc) is 2.47. The molecular weight excluding hydrogens is 260 g/mol. The Hall–Kier alpha value is -2.16. The van der Waals surface area contributed by atoms with Crippen molar-refractivity contribution in [3.63, 3.8) is 0 Å². The van der Waals surface area contributed by atoms with E-state index in [0.717, 1.165) is 25.9 Å². The van der Waals surface area contributed by atoms with Crippen LogP contribution in [-0.2, 0) is 4.79 Å². The first kappa shape index (κ1) is 14.3. The van der Waals surface area contributed by atoms with Gasteiger partial charge in [0.25, 0.3) is 0 Å². The van der Waals surface area contributed by atoms with Crippen molar-refractivity contribution in [3.8, 4) is 0 Å². The van der Waals surface area contributed by atoms with Crippen molar-refractivity contribution < 1.29 is 4.79 Å². The van der Waals surface area contributed by atoms with E-state index in [1.54, 1.807) is 6.92 Å². The maximum atomic E-state index is 11.1. The third-order valence-electron chi connectivity index (χ3n) is 3.16. The Morgan fingerprint density at radius 3 is 2.45 bits per heavy atom. The maximum absolute atomic E-state index is 11.1. The van der Waals surface area contributed by atoms with Crippen LogP contribution in [0, 0.1) is 0 Å². The summed E-state index contributed by atoms with van der Waals surface area (Å²) in [6, 6.07) is -0.572. The molecule has 1 saturated heterocycles. The molecule has 9 heteroatoms. The Morgan fingerprint density at radius 2 is 1.85 bits per heavy atom. The number of carbonyl (C=O) groups excluding carboxylic acids is 1. The number of hydrogen-bond donors (Lipinski definition) is 4. The predicted octanol–water partition coefficient (Wildman–Crippen LogP) is -0.567. The van der Waals surface area contributed by atoms with Gasteiger partial charge in [-0.25, -0.2) is 5.84 Å². The number of anilines is 3. The number of nitrogens with zero attached hydrogens (tertiary/aromatic N) is 4. The van der Waals surface area contributed by atoms with Gasteiger partial charge in [0, 0.05) is 13.1 Å². The van der Waals surface area contributed by atoms with E-state index in [4.69, 9.17) is 11.6 Å². The van der Waals surface area contributed by atoms with E-state index in [1.807, 2.05) is 0 Å². The van der Waals surface area contributed by atoms with Crippen molar-refractivity contribution >= 4 is 23.8 Å². The van der Waals surface area contributed by atoms with Crippen LogP contribution in [0.1, 0.15) is 26.2 Å². The molecule has 1 aromatic heterocycles. The van der Waals surface area contributed by atoms with Crippen LogP contribution in [-0.4, -0.2) is 40.0 Å². The van der Waals surface area contributed by atoms with Crippen molar-refractivity contribution in [2.24, 2.45) is 11.6 Å². The molecule has 6 N–H and O–H groups in total. The first-order chi connectivity index (χ1) is 9.60. The molecule has 0 aromatic carbocycles. The van der Waals surface area contributed by atoms with Crippen LogP contribution in [0.4, 0.5) is 17.8 Å². The number of amides is 1. The molecule has 0 spiro atoms. The van der Waals surface area contributed by atoms with Gasteiger partial charge >= 0.3 is 0 Å². The molecule has 20 heavy (non-hydrogen) atoms. The summed E-state index contributed by atoms with van der Waals surface area (Å²) in [5.41, 5.74) is 7.62. The summed E-state index contributed by atoms with van der Waals surface area (Å²) in [4.78, 5) is 25.8. The summed E-state index contributed by atoms with van der Waals surface area (Å²) >= 11 is 0. The largest absolute Gasteiger partial charge is 0.368 e. The molecule has 1 aliphatic rings. The number of hydrogen-bond acceptors (Lipinski definition) is 8. The van der Waals surface area contributed by atoms with Crippen LogP contribution < -0.4 is 27.2 Å². The van der Waals surface area contributed by atoms with E-state index in [2.05, 4.69) is 30.6 Å². The number of piperidine rings is 1. The molecule has 0 saturated carbocycles. The monoisotopic (exact) mass is 280 g/mol. The Bertz CT molecular complexity index is 473. The van der Waals surface area contributed by atoms with Gasteiger partial charge in [-0.2, -0.15) is 15.0 Å². The molecule has 110 valence electrons. The highest BCUT2D eigenvalue weighted by atomic mass is 16.1. The number of hydrazine groups is 1. The number of carbonyl (C=O) groups is 1. The highest BCUT2D eigenvalue weighted by Crippen LogP contribution is 2.18. The van der Waals surface area contributed by atoms with Gasteiger partial charge in [0.15, 0.2) is 0 Å². The zero-order valence-electron chi connectivity index (χ0n) is 11.5. The summed E-state index contributed by atoms with van der Waals surface area (Å²) in [5.74, 6) is 5.96. The van der Waals surface area contributed by atoms with Gasteiger partial charge in [0.05, 0.1) is 0 Å². The molecule has 1 fully saturated rings. The smallest absolute Gasteiger partial charge is 0.243 e. The summed E-state index contributed by atoms with van der Waals surface area (Å²) < 4.78 is 0. The number of nitrogen functional groups attached to an aromatic ring is 1. The van der Waals surface area contributed by atoms with Gasteiger partial charge < -0.3 is 16.0 Å². The van der Waals surface area contributed by atoms with Gasteiger partial charge in [-0.15, -0.1) is 0 Å². The van der Waals surface area contributed by atoms with Gasteiger partial charge in [-0.3, -0.25) is 10.2 Å². The van der Waals surface area contributed by atoms with Crippen LogP contribution in [0.15, 0.2) is 0 Å². The first-order valence-corrected chi connectivity index (χ1v) is 6.63. The third-order valence-corrected chi connectivity index (χ3v) is 3.16. The number of nitrogens with one attached hydrogen (secondary N) is 2. The molecule has 0 aliphatic carbocycles. The molecule has 0 bridgehead atoms. The summed E-state index contributed by atoms with van der Waals surface area (Å²) in [7, 11) is 0. The number of primary amides is 1. The number of rotatable bonds is 5. The highest BCUT2D eigenvalue weighted by molar-refractivity contribution is 5.81. The second kappa shape index (κ2) is 6.33. The third kappa shape index (κ3) is 3.44. The standard InChI is InChI=1S/C11H20N8O/c1-7(8(12)20)14-9-15-10(18-13)17-11(16-9)19-5-3-2-4-6-19/h7H,2-6,13H2,1H3,(H2,12,20)(H2,14,15,16,17,18). The zero-order valence-corrected chi connectivity index (χ0v) is 11.5. The van der Waals surface area contributed by atoms with E-state index in [-0.39, 0.29) is 11.9 Å². The molecule has 9 nitrogen and oxygen atoms in total. The van der Waals surface area contributed by atoms with E-state index in [9.17, 15) is 4.79 Å². The first-order valence-electron chi connectivity index (χ1n) is 6.63. The van der Waals surface area contributed by atoms with Crippen molar-refractivity contribution in [2.45, 2.75) is 32.2 Å². The van der Waals surface area contributed by atoms with Crippen molar-refractivity contribution in [1.29, 1.82) is 0 Å². The normalized spacial score (nSPS) is 16.6. The minimum absolute atomic E-state index is 0.250. The van der Waals surface area contributed by atoms with Crippen LogP contribution in [0.25, 0.3) is 0 Å². The minimum Gasteiger partial charge on any atom is -0.368 e. The second-order valence-corrected chi connectivity index (χ2v) is 4.74. The molecule has 0 radical (unpaired) electrons. The molecule has 1 atom stereocenters. The SMILES string of the molecule is CC(Nc1nc(NN)nc(N2CCCCC2)n1)C(N)=O. The quantitative estimate of drug-likeness (QED) is 0.416. The van der Waals surface area contributed by atoms with Crippen LogP contribution in [0.3, 0.4) is 0 Å². The fraction of sp³-hybridized carbons (Fsp3) is 0.636. The van der Waals surface area contributed by atoms with Crippen molar-refractivity contribution in [2.75, 3.05) is 28.7 Å². The lowest BCUT2D eigenvalue weighted by Gasteiger charge is -2.27. The van der Waals surface area contributed by atoms with Crippen LogP contribution in [0.2, 0.25) is 0 Å². The number of nitrogens with two attached hydrogens (primary N) is 2. The lowest BCUT2D eigenvalue weighted by atomic mass is 10.1. The Labute approximate surface area is 117 Å². The summed E-state index contributed by atoms with van der Waals surface area (Å²) in [6.07, 6.45) is 3.43. The molecule has 1 unspecified atom stereocenters. The molecule has 2 heterocycles. The molecular formula is C11H20N8O. The Kier molecular flexibility index (Phi) is 4.51. The Morgan fingerprint density at radius 1 is 1.20 bits per heavy atom. The lowest BCUT2D eigenvalue weighted by molar-refractivity contribution is -0.118. The summed E-state index contributed by atoms with van der Waals surface area (Å²) in [6.45, 7) is 3.44. The lowest BCUT2D eigenvalue weighted by Crippen LogP contribution is -2.35. The van der Waals surface area contributed by atoms with Crippen molar-refractivity contribution in [1.82, 2.24) is 15.0 Å².